The topological polar surface area (TPSA) is 82.5 Å². The van der Waals surface area contributed by atoms with Gasteiger partial charge in [0.25, 0.3) is 0 Å². The first-order chi connectivity index (χ1) is 9.22. The maximum atomic E-state index is 6.28. The van der Waals surface area contributed by atoms with Crippen molar-refractivity contribution >= 4 is 40.2 Å². The van der Waals surface area contributed by atoms with Gasteiger partial charge in [0.15, 0.2) is 5.82 Å². The van der Waals surface area contributed by atoms with E-state index in [1.165, 1.54) is 0 Å². The number of nitrogens with two attached hydrogens (primary N) is 1. The van der Waals surface area contributed by atoms with Crippen LogP contribution in [0, 0.1) is 0 Å². The number of aromatic nitrogens is 5. The van der Waals surface area contributed by atoms with Crippen molar-refractivity contribution in [2.45, 2.75) is 19.8 Å². The Hall–Kier alpha value is -1.73. The number of hydrogen-bond acceptors (Lipinski definition) is 6. The largest absolute Gasteiger partial charge is 0.381 e. The second kappa shape index (κ2) is 4.75. The van der Waals surface area contributed by atoms with Crippen molar-refractivity contribution in [2.24, 2.45) is 0 Å². The quantitative estimate of drug-likeness (QED) is 0.802. The lowest BCUT2D eigenvalue weighted by Crippen LogP contribution is -2.05. The maximum absolute atomic E-state index is 6.28. The first-order valence-electron chi connectivity index (χ1n) is 5.83. The predicted molar refractivity (Wildman–Crippen MR) is 75.7 cm³/mol. The first kappa shape index (κ1) is 12.3. The number of benzene rings is 1. The van der Waals surface area contributed by atoms with Gasteiger partial charge in [-0.25, -0.2) is 4.68 Å². The zero-order chi connectivity index (χ0) is 13.4. The highest BCUT2D eigenvalue weighted by atomic mass is 35.5. The third kappa shape index (κ3) is 1.95. The van der Waals surface area contributed by atoms with Crippen molar-refractivity contribution in [3.05, 3.63) is 22.8 Å². The third-order valence-electron chi connectivity index (χ3n) is 2.84. The summed E-state index contributed by atoms with van der Waals surface area (Å²) < 4.78 is 10.2. The van der Waals surface area contributed by atoms with Crippen molar-refractivity contribution in [3.8, 4) is 5.69 Å². The normalized spacial score (nSPS) is 11.3. The summed E-state index contributed by atoms with van der Waals surface area (Å²) in [6.07, 6.45) is 1.73. The van der Waals surface area contributed by atoms with Crippen LogP contribution in [0.15, 0.2) is 12.1 Å². The van der Waals surface area contributed by atoms with E-state index in [4.69, 9.17) is 17.3 Å². The first-order valence-corrected chi connectivity index (χ1v) is 6.94. The van der Waals surface area contributed by atoms with Gasteiger partial charge < -0.3 is 5.73 Å². The van der Waals surface area contributed by atoms with Gasteiger partial charge in [0.05, 0.1) is 22.4 Å². The third-order valence-corrected chi connectivity index (χ3v) is 3.69. The minimum absolute atomic E-state index is 0.429. The van der Waals surface area contributed by atoms with Crippen LogP contribution < -0.4 is 5.73 Å². The molecule has 0 fully saturated rings. The van der Waals surface area contributed by atoms with E-state index < -0.39 is 0 Å². The molecule has 0 unspecified atom stereocenters. The van der Waals surface area contributed by atoms with E-state index in [1.807, 2.05) is 6.07 Å². The molecule has 0 aliphatic rings. The Morgan fingerprint density at radius 3 is 3.00 bits per heavy atom. The summed E-state index contributed by atoms with van der Waals surface area (Å²) in [4.78, 5) is 0. The lowest BCUT2D eigenvalue weighted by atomic mass is 10.2. The van der Waals surface area contributed by atoms with Crippen LogP contribution in [-0.2, 0) is 6.42 Å². The molecule has 2 heterocycles. The van der Waals surface area contributed by atoms with Crippen LogP contribution in [-0.4, -0.2) is 23.7 Å². The molecule has 0 atom stereocenters. The van der Waals surface area contributed by atoms with Crippen molar-refractivity contribution in [1.29, 1.82) is 0 Å². The molecule has 6 nitrogen and oxygen atoms in total. The van der Waals surface area contributed by atoms with Gasteiger partial charge in [0, 0.05) is 0 Å². The van der Waals surface area contributed by atoms with Gasteiger partial charge in [-0.05, 0) is 18.6 Å². The van der Waals surface area contributed by atoms with E-state index in [-0.39, 0.29) is 0 Å². The molecule has 98 valence electrons. The monoisotopic (exact) mass is 294 g/mol. The lowest BCUT2D eigenvalue weighted by Gasteiger charge is -2.08. The van der Waals surface area contributed by atoms with Gasteiger partial charge in [-0.3, -0.25) is 0 Å². The maximum Gasteiger partial charge on any atom is 0.169 e. The number of nitrogens with zero attached hydrogens (tertiary/aromatic N) is 5. The summed E-state index contributed by atoms with van der Waals surface area (Å²) in [7, 11) is 0. The molecule has 0 aliphatic carbocycles. The van der Waals surface area contributed by atoms with Gasteiger partial charge in [0.1, 0.15) is 16.7 Å². The minimum atomic E-state index is 0.429. The van der Waals surface area contributed by atoms with Crippen molar-refractivity contribution < 1.29 is 0 Å². The summed E-state index contributed by atoms with van der Waals surface area (Å²) in [5, 5.41) is 8.58. The molecule has 0 aliphatic heterocycles. The van der Waals surface area contributed by atoms with E-state index in [0.717, 1.165) is 41.3 Å². The molecule has 19 heavy (non-hydrogen) atoms. The zero-order valence-corrected chi connectivity index (χ0v) is 11.7. The Balaban J connectivity index is 2.29. The minimum Gasteiger partial charge on any atom is -0.381 e. The van der Waals surface area contributed by atoms with Crippen LogP contribution >= 0.6 is 23.3 Å². The fraction of sp³-hybridized carbons (Fsp3) is 0.273. The second-order valence-electron chi connectivity index (χ2n) is 4.11. The molecule has 3 aromatic rings. The Morgan fingerprint density at radius 2 is 2.21 bits per heavy atom. The van der Waals surface area contributed by atoms with Crippen LogP contribution in [0.25, 0.3) is 16.7 Å². The molecule has 2 aromatic heterocycles. The average Bonchev–Trinajstić information content (AvgIpc) is 2.99. The number of hydrogen-bond donors (Lipinski definition) is 1. The fourth-order valence-corrected chi connectivity index (χ4v) is 2.75. The van der Waals surface area contributed by atoms with Gasteiger partial charge in [-0.2, -0.15) is 8.75 Å². The molecule has 0 amide bonds. The van der Waals surface area contributed by atoms with Gasteiger partial charge in [-0.15, -0.1) is 5.10 Å². The summed E-state index contributed by atoms with van der Waals surface area (Å²) >= 11 is 7.43. The van der Waals surface area contributed by atoms with Crippen molar-refractivity contribution in [2.75, 3.05) is 5.73 Å². The molecule has 2 N–H and O–H groups in total. The van der Waals surface area contributed by atoms with E-state index >= 15 is 0 Å². The van der Waals surface area contributed by atoms with Gasteiger partial charge >= 0.3 is 0 Å². The Morgan fingerprint density at radius 1 is 1.37 bits per heavy atom. The van der Waals surface area contributed by atoms with Crippen LogP contribution in [0.5, 0.6) is 0 Å². The molecule has 3 rings (SSSR count). The molecule has 0 saturated heterocycles. The van der Waals surface area contributed by atoms with Crippen LogP contribution in [0.4, 0.5) is 5.82 Å². The SMILES string of the molecule is CCCc1c(N)nnn1-c1c(Cl)ccc2nsnc12. The van der Waals surface area contributed by atoms with E-state index in [2.05, 4.69) is 26.0 Å². The molecule has 0 spiro atoms. The molecule has 8 heteroatoms. The lowest BCUT2D eigenvalue weighted by molar-refractivity contribution is 0.749. The molecule has 0 saturated carbocycles. The van der Waals surface area contributed by atoms with Crippen molar-refractivity contribution in [1.82, 2.24) is 23.7 Å². The Labute approximate surface area is 118 Å². The summed E-state index contributed by atoms with van der Waals surface area (Å²) in [6, 6.07) is 3.62. The van der Waals surface area contributed by atoms with Crippen LogP contribution in [0.3, 0.4) is 0 Å². The smallest absolute Gasteiger partial charge is 0.169 e. The van der Waals surface area contributed by atoms with E-state index in [0.29, 0.717) is 16.5 Å². The van der Waals surface area contributed by atoms with Crippen LogP contribution in [0.2, 0.25) is 5.02 Å². The predicted octanol–water partition coefficient (Wildman–Crippen LogP) is 2.46. The summed E-state index contributed by atoms with van der Waals surface area (Å²) in [5.41, 5.74) is 8.92. The Bertz CT molecular complexity index is 734. The molecule has 0 bridgehead atoms. The average molecular weight is 295 g/mol. The standard InChI is InChI=1S/C11H11ClN6S/c1-2-3-8-11(13)14-17-18(8)10-6(12)4-5-7-9(10)16-19-15-7/h4-5H,2-3,13H2,1H3. The molecular weight excluding hydrogens is 284 g/mol. The number of nitrogen functional groups attached to an aromatic ring is 1. The molecule has 1 aromatic carbocycles. The van der Waals surface area contributed by atoms with E-state index in [9.17, 15) is 0 Å². The number of rotatable bonds is 3. The highest BCUT2D eigenvalue weighted by Gasteiger charge is 2.18. The Kier molecular flexibility index (Phi) is 3.08. The number of anilines is 1. The highest BCUT2D eigenvalue weighted by molar-refractivity contribution is 7.00. The molecule has 0 radical (unpaired) electrons. The second-order valence-corrected chi connectivity index (χ2v) is 5.05. The van der Waals surface area contributed by atoms with Crippen molar-refractivity contribution in [3.63, 3.8) is 0 Å². The zero-order valence-electron chi connectivity index (χ0n) is 10.2. The molecular formula is C11H11ClN6S. The number of fused-ring (bicyclic) bond motifs is 1. The van der Waals surface area contributed by atoms with Crippen LogP contribution in [0.1, 0.15) is 19.0 Å². The number of halogens is 1. The highest BCUT2D eigenvalue weighted by Crippen LogP contribution is 2.30. The van der Waals surface area contributed by atoms with Gasteiger partial charge in [-0.1, -0.05) is 30.2 Å². The summed E-state index contributed by atoms with van der Waals surface area (Å²) in [5.74, 6) is 0.429. The van der Waals surface area contributed by atoms with Gasteiger partial charge in [0.2, 0.25) is 0 Å². The van der Waals surface area contributed by atoms with E-state index in [1.54, 1.807) is 10.7 Å². The summed E-state index contributed by atoms with van der Waals surface area (Å²) in [6.45, 7) is 2.07. The fourth-order valence-electron chi connectivity index (χ4n) is 1.98.